The molecule has 1 unspecified atom stereocenters. The zero-order valence-electron chi connectivity index (χ0n) is 14.9. The third-order valence-electron chi connectivity index (χ3n) is 4.41. The van der Waals surface area contributed by atoms with Gasteiger partial charge in [-0.3, -0.25) is 4.79 Å². The summed E-state index contributed by atoms with van der Waals surface area (Å²) in [5, 5.41) is 2.96. The molecule has 1 amide bonds. The van der Waals surface area contributed by atoms with Gasteiger partial charge in [0.2, 0.25) is 0 Å². The second-order valence-electron chi connectivity index (χ2n) is 6.10. The lowest BCUT2D eigenvalue weighted by atomic mass is 10.1. The molecule has 2 atom stereocenters. The molecule has 0 fully saturated rings. The SMILES string of the molecule is CCc1ccc(C[NH+](C)[C@@H](C)C(=O)Nc2ccccc2OC)cc1. The Hall–Kier alpha value is -2.33. The number of anilines is 1. The molecule has 2 aromatic rings. The molecule has 0 radical (unpaired) electrons. The Labute approximate surface area is 144 Å². The number of hydrogen-bond acceptors (Lipinski definition) is 2. The van der Waals surface area contributed by atoms with E-state index in [0.717, 1.165) is 17.9 Å². The van der Waals surface area contributed by atoms with E-state index < -0.39 is 0 Å². The van der Waals surface area contributed by atoms with Crippen molar-refractivity contribution in [1.82, 2.24) is 0 Å². The molecule has 128 valence electrons. The third kappa shape index (κ3) is 4.59. The molecule has 0 aliphatic rings. The molecule has 2 rings (SSSR count). The van der Waals surface area contributed by atoms with E-state index in [-0.39, 0.29) is 11.9 Å². The summed E-state index contributed by atoms with van der Waals surface area (Å²) in [6, 6.07) is 15.9. The first-order valence-corrected chi connectivity index (χ1v) is 8.39. The average Bonchev–Trinajstić information content (AvgIpc) is 2.62. The minimum atomic E-state index is -0.166. The molecule has 24 heavy (non-hydrogen) atoms. The van der Waals surface area contributed by atoms with Gasteiger partial charge in [0.1, 0.15) is 12.3 Å². The highest BCUT2D eigenvalue weighted by Crippen LogP contribution is 2.22. The number of benzene rings is 2. The van der Waals surface area contributed by atoms with E-state index in [2.05, 4.69) is 36.5 Å². The Morgan fingerprint density at radius 1 is 1.12 bits per heavy atom. The van der Waals surface area contributed by atoms with Crippen LogP contribution in [0.4, 0.5) is 5.69 Å². The van der Waals surface area contributed by atoms with Crippen molar-refractivity contribution in [1.29, 1.82) is 0 Å². The van der Waals surface area contributed by atoms with E-state index in [0.29, 0.717) is 11.4 Å². The van der Waals surface area contributed by atoms with Gasteiger partial charge in [0.15, 0.2) is 6.04 Å². The fourth-order valence-corrected chi connectivity index (χ4v) is 2.58. The van der Waals surface area contributed by atoms with Crippen LogP contribution in [0.25, 0.3) is 0 Å². The van der Waals surface area contributed by atoms with Crippen LogP contribution in [0.15, 0.2) is 48.5 Å². The van der Waals surface area contributed by atoms with E-state index in [4.69, 9.17) is 4.74 Å². The van der Waals surface area contributed by atoms with Gasteiger partial charge in [-0.15, -0.1) is 0 Å². The monoisotopic (exact) mass is 327 g/mol. The van der Waals surface area contributed by atoms with Gasteiger partial charge >= 0.3 is 0 Å². The first kappa shape index (κ1) is 18.0. The molecule has 0 aromatic heterocycles. The molecule has 0 bridgehead atoms. The molecule has 4 nitrogen and oxygen atoms in total. The number of quaternary nitrogens is 1. The molecule has 4 heteroatoms. The Morgan fingerprint density at radius 2 is 1.75 bits per heavy atom. The smallest absolute Gasteiger partial charge is 0.282 e. The zero-order valence-corrected chi connectivity index (χ0v) is 14.9. The minimum absolute atomic E-state index is 0.0119. The summed E-state index contributed by atoms with van der Waals surface area (Å²) < 4.78 is 5.28. The predicted octanol–water partition coefficient (Wildman–Crippen LogP) is 2.30. The van der Waals surface area contributed by atoms with Crippen molar-refractivity contribution in [3.8, 4) is 5.75 Å². The average molecular weight is 327 g/mol. The van der Waals surface area contributed by atoms with Crippen molar-refractivity contribution in [2.24, 2.45) is 0 Å². The van der Waals surface area contributed by atoms with Crippen LogP contribution in [0.1, 0.15) is 25.0 Å². The molecule has 2 N–H and O–H groups in total. The van der Waals surface area contributed by atoms with Crippen LogP contribution in [-0.2, 0) is 17.8 Å². The zero-order chi connectivity index (χ0) is 17.5. The fourth-order valence-electron chi connectivity index (χ4n) is 2.58. The molecular formula is C20H27N2O2+. The summed E-state index contributed by atoms with van der Waals surface area (Å²) in [7, 11) is 3.64. The van der Waals surface area contributed by atoms with E-state index in [1.54, 1.807) is 7.11 Å². The summed E-state index contributed by atoms with van der Waals surface area (Å²) in [5.74, 6) is 0.660. The van der Waals surface area contributed by atoms with E-state index in [1.165, 1.54) is 11.1 Å². The topological polar surface area (TPSA) is 42.8 Å². The number of carbonyl (C=O) groups is 1. The van der Waals surface area contributed by atoms with Crippen molar-refractivity contribution in [2.45, 2.75) is 32.9 Å². The lowest BCUT2D eigenvalue weighted by Crippen LogP contribution is -3.12. The lowest BCUT2D eigenvalue weighted by molar-refractivity contribution is -0.907. The molecule has 0 aliphatic carbocycles. The highest BCUT2D eigenvalue weighted by Gasteiger charge is 2.22. The third-order valence-corrected chi connectivity index (χ3v) is 4.41. The van der Waals surface area contributed by atoms with Crippen molar-refractivity contribution in [2.75, 3.05) is 19.5 Å². The van der Waals surface area contributed by atoms with Crippen molar-refractivity contribution in [3.05, 3.63) is 59.7 Å². The second-order valence-corrected chi connectivity index (χ2v) is 6.10. The highest BCUT2D eigenvalue weighted by atomic mass is 16.5. The number of aryl methyl sites for hydroxylation is 1. The molecule has 0 spiro atoms. The molecule has 0 saturated carbocycles. The van der Waals surface area contributed by atoms with Crippen LogP contribution in [0.5, 0.6) is 5.75 Å². The number of hydrogen-bond donors (Lipinski definition) is 2. The Bertz CT molecular complexity index is 668. The van der Waals surface area contributed by atoms with Crippen LogP contribution in [0.2, 0.25) is 0 Å². The van der Waals surface area contributed by atoms with Crippen molar-refractivity contribution >= 4 is 11.6 Å². The summed E-state index contributed by atoms with van der Waals surface area (Å²) in [4.78, 5) is 13.7. The van der Waals surface area contributed by atoms with E-state index in [9.17, 15) is 4.79 Å². The van der Waals surface area contributed by atoms with Gasteiger partial charge in [-0.25, -0.2) is 0 Å². The van der Waals surface area contributed by atoms with Gasteiger partial charge in [0, 0.05) is 5.56 Å². The van der Waals surface area contributed by atoms with Gasteiger partial charge in [0.25, 0.3) is 5.91 Å². The maximum Gasteiger partial charge on any atom is 0.282 e. The Kier molecular flexibility index (Phi) is 6.38. The van der Waals surface area contributed by atoms with E-state index in [1.807, 2.05) is 38.2 Å². The number of amides is 1. The van der Waals surface area contributed by atoms with Crippen molar-refractivity contribution in [3.63, 3.8) is 0 Å². The van der Waals surface area contributed by atoms with Crippen LogP contribution in [0.3, 0.4) is 0 Å². The number of carbonyl (C=O) groups excluding carboxylic acids is 1. The van der Waals surface area contributed by atoms with Crippen molar-refractivity contribution < 1.29 is 14.4 Å². The van der Waals surface area contributed by atoms with Gasteiger partial charge in [0.05, 0.1) is 19.8 Å². The molecular weight excluding hydrogens is 300 g/mol. The first-order valence-electron chi connectivity index (χ1n) is 8.39. The number of nitrogens with one attached hydrogen (secondary N) is 2. The van der Waals surface area contributed by atoms with Gasteiger partial charge in [-0.05, 0) is 31.0 Å². The normalized spacial score (nSPS) is 13.2. The molecule has 0 aliphatic heterocycles. The standard InChI is InChI=1S/C20H26N2O2/c1-5-16-10-12-17(13-11-16)14-22(3)15(2)20(23)21-18-8-6-7-9-19(18)24-4/h6-13,15H,5,14H2,1-4H3,(H,21,23)/p+1/t15-/m0/s1. The van der Waals surface area contributed by atoms with Crippen LogP contribution >= 0.6 is 0 Å². The maximum absolute atomic E-state index is 12.5. The van der Waals surface area contributed by atoms with Crippen LogP contribution < -0.4 is 15.0 Å². The summed E-state index contributed by atoms with van der Waals surface area (Å²) in [6.07, 6.45) is 1.04. The van der Waals surface area contributed by atoms with Gasteiger partial charge in [-0.2, -0.15) is 0 Å². The fraction of sp³-hybridized carbons (Fsp3) is 0.350. The minimum Gasteiger partial charge on any atom is -0.495 e. The highest BCUT2D eigenvalue weighted by molar-refractivity contribution is 5.94. The Balaban J connectivity index is 1.98. The molecule has 0 saturated heterocycles. The summed E-state index contributed by atoms with van der Waals surface area (Å²) in [5.41, 5.74) is 3.27. The van der Waals surface area contributed by atoms with Crippen LogP contribution in [0, 0.1) is 0 Å². The number of methoxy groups -OCH3 is 1. The number of likely N-dealkylation sites (N-methyl/N-ethyl adjacent to an activating group) is 1. The quantitative estimate of drug-likeness (QED) is 0.819. The predicted molar refractivity (Wildman–Crippen MR) is 97.5 cm³/mol. The lowest BCUT2D eigenvalue weighted by Gasteiger charge is -2.21. The van der Waals surface area contributed by atoms with Gasteiger partial charge < -0.3 is 15.0 Å². The Morgan fingerprint density at radius 3 is 2.38 bits per heavy atom. The largest absolute Gasteiger partial charge is 0.495 e. The number of para-hydroxylation sites is 2. The molecule has 2 aromatic carbocycles. The summed E-state index contributed by atoms with van der Waals surface area (Å²) >= 11 is 0. The number of rotatable bonds is 7. The molecule has 0 heterocycles. The van der Waals surface area contributed by atoms with Gasteiger partial charge in [-0.1, -0.05) is 43.3 Å². The van der Waals surface area contributed by atoms with E-state index >= 15 is 0 Å². The summed E-state index contributed by atoms with van der Waals surface area (Å²) in [6.45, 7) is 4.90. The number of ether oxygens (including phenoxy) is 1. The second kappa shape index (κ2) is 8.50. The maximum atomic E-state index is 12.5. The first-order chi connectivity index (χ1) is 11.5. The van der Waals surface area contributed by atoms with Crippen LogP contribution in [-0.4, -0.2) is 26.1 Å².